The highest BCUT2D eigenvalue weighted by Gasteiger charge is 2.11. The van der Waals surface area contributed by atoms with Gasteiger partial charge in [0.15, 0.2) is 0 Å². The van der Waals surface area contributed by atoms with Gasteiger partial charge in [-0.2, -0.15) is 0 Å². The Balaban J connectivity index is 2.09. The molecule has 1 fully saturated rings. The van der Waals surface area contributed by atoms with Gasteiger partial charge in [-0.25, -0.2) is 0 Å². The Labute approximate surface area is 66.2 Å². The first-order chi connectivity index (χ1) is 5.43. The van der Waals surface area contributed by atoms with Crippen LogP contribution in [0.2, 0.25) is 0 Å². The van der Waals surface area contributed by atoms with E-state index in [0.717, 1.165) is 19.4 Å². The van der Waals surface area contributed by atoms with Crippen molar-refractivity contribution in [2.75, 3.05) is 13.2 Å². The highest BCUT2D eigenvalue weighted by molar-refractivity contribution is 4.64. The minimum absolute atomic E-state index is 0.342. The Morgan fingerprint density at radius 3 is 3.09 bits per heavy atom. The predicted molar refractivity (Wildman–Crippen MR) is 42.2 cm³/mol. The lowest BCUT2D eigenvalue weighted by Crippen LogP contribution is -2.19. The van der Waals surface area contributed by atoms with Crippen molar-refractivity contribution >= 4 is 0 Å². The van der Waals surface area contributed by atoms with Crippen LogP contribution in [0.3, 0.4) is 0 Å². The standard InChI is InChI=1S/C7H13N3O/c8-10-9-5-4-7-3-1-2-6-11-7/h7H,1-6H2/t7-/m0/s1. The fourth-order valence-electron chi connectivity index (χ4n) is 1.28. The van der Waals surface area contributed by atoms with Crippen molar-refractivity contribution in [1.82, 2.24) is 0 Å². The summed E-state index contributed by atoms with van der Waals surface area (Å²) in [5, 5.41) is 3.47. The van der Waals surface area contributed by atoms with Crippen LogP contribution >= 0.6 is 0 Å². The zero-order valence-electron chi connectivity index (χ0n) is 6.57. The van der Waals surface area contributed by atoms with Gasteiger partial charge in [-0.3, -0.25) is 0 Å². The molecule has 0 radical (unpaired) electrons. The summed E-state index contributed by atoms with van der Waals surface area (Å²) in [6.07, 6.45) is 4.78. The second-order valence-electron chi connectivity index (χ2n) is 2.73. The number of hydrogen-bond donors (Lipinski definition) is 0. The molecule has 4 nitrogen and oxygen atoms in total. The molecule has 0 amide bonds. The smallest absolute Gasteiger partial charge is 0.0576 e. The van der Waals surface area contributed by atoms with Gasteiger partial charge in [0.2, 0.25) is 0 Å². The summed E-state index contributed by atoms with van der Waals surface area (Å²) in [5.74, 6) is 0. The van der Waals surface area contributed by atoms with Crippen molar-refractivity contribution in [3.63, 3.8) is 0 Å². The van der Waals surface area contributed by atoms with Crippen LogP contribution in [-0.2, 0) is 4.74 Å². The van der Waals surface area contributed by atoms with E-state index in [-0.39, 0.29) is 0 Å². The molecule has 0 aromatic rings. The highest BCUT2D eigenvalue weighted by Crippen LogP contribution is 2.15. The molecule has 1 saturated heterocycles. The molecule has 0 saturated carbocycles. The van der Waals surface area contributed by atoms with Gasteiger partial charge in [0.25, 0.3) is 0 Å². The Morgan fingerprint density at radius 2 is 2.45 bits per heavy atom. The van der Waals surface area contributed by atoms with Crippen LogP contribution in [-0.4, -0.2) is 19.3 Å². The van der Waals surface area contributed by atoms with E-state index in [0.29, 0.717) is 12.6 Å². The highest BCUT2D eigenvalue weighted by atomic mass is 16.5. The first-order valence-electron chi connectivity index (χ1n) is 4.06. The second-order valence-corrected chi connectivity index (χ2v) is 2.73. The zero-order chi connectivity index (χ0) is 7.94. The van der Waals surface area contributed by atoms with Gasteiger partial charge in [-0.15, -0.1) is 0 Å². The van der Waals surface area contributed by atoms with Crippen LogP contribution in [0, 0.1) is 0 Å². The number of nitrogens with zero attached hydrogens (tertiary/aromatic N) is 3. The average Bonchev–Trinajstić information content (AvgIpc) is 2.07. The second kappa shape index (κ2) is 4.99. The summed E-state index contributed by atoms with van der Waals surface area (Å²) in [5.41, 5.74) is 8.01. The van der Waals surface area contributed by atoms with Crippen molar-refractivity contribution in [2.24, 2.45) is 5.11 Å². The Hall–Kier alpha value is -0.730. The molecule has 0 aromatic heterocycles. The van der Waals surface area contributed by atoms with Crippen LogP contribution in [0.25, 0.3) is 10.4 Å². The summed E-state index contributed by atoms with van der Waals surface area (Å²) in [6.45, 7) is 1.45. The minimum Gasteiger partial charge on any atom is -0.378 e. The fraction of sp³-hybridized carbons (Fsp3) is 1.00. The van der Waals surface area contributed by atoms with E-state index in [1.807, 2.05) is 0 Å². The fourth-order valence-corrected chi connectivity index (χ4v) is 1.28. The van der Waals surface area contributed by atoms with Crippen LogP contribution in [0.5, 0.6) is 0 Å². The number of azide groups is 1. The Kier molecular flexibility index (Phi) is 3.80. The van der Waals surface area contributed by atoms with Crippen molar-refractivity contribution in [1.29, 1.82) is 0 Å². The van der Waals surface area contributed by atoms with E-state index in [2.05, 4.69) is 10.0 Å². The molecule has 4 heteroatoms. The van der Waals surface area contributed by atoms with E-state index >= 15 is 0 Å². The number of hydrogen-bond acceptors (Lipinski definition) is 2. The van der Waals surface area contributed by atoms with Crippen molar-refractivity contribution in [2.45, 2.75) is 31.8 Å². The summed E-state index contributed by atoms with van der Waals surface area (Å²) in [4.78, 5) is 2.69. The first kappa shape index (κ1) is 8.37. The van der Waals surface area contributed by atoms with Crippen LogP contribution < -0.4 is 0 Å². The largest absolute Gasteiger partial charge is 0.378 e. The van der Waals surface area contributed by atoms with Gasteiger partial charge in [0.1, 0.15) is 0 Å². The molecule has 0 N–H and O–H groups in total. The molecule has 1 atom stereocenters. The summed E-state index contributed by atoms with van der Waals surface area (Å²) in [7, 11) is 0. The summed E-state index contributed by atoms with van der Waals surface area (Å²) in [6, 6.07) is 0. The molecular weight excluding hydrogens is 142 g/mol. The quantitative estimate of drug-likeness (QED) is 0.350. The lowest BCUT2D eigenvalue weighted by Gasteiger charge is -2.21. The van der Waals surface area contributed by atoms with Gasteiger partial charge in [-0.1, -0.05) is 5.11 Å². The first-order valence-corrected chi connectivity index (χ1v) is 4.06. The van der Waals surface area contributed by atoms with Gasteiger partial charge >= 0.3 is 0 Å². The molecule has 1 aliphatic rings. The third kappa shape index (κ3) is 3.25. The predicted octanol–water partition coefficient (Wildman–Crippen LogP) is 2.26. The maximum Gasteiger partial charge on any atom is 0.0576 e. The van der Waals surface area contributed by atoms with E-state index in [4.69, 9.17) is 10.3 Å². The molecule has 0 aliphatic carbocycles. The number of ether oxygens (including phenoxy) is 1. The SMILES string of the molecule is [N-]=[N+]=NCC[C@@H]1CCCCO1. The summed E-state index contributed by atoms with van der Waals surface area (Å²) < 4.78 is 5.44. The molecule has 0 unspecified atom stereocenters. The third-order valence-electron chi connectivity index (χ3n) is 1.89. The molecule has 62 valence electrons. The van der Waals surface area contributed by atoms with E-state index in [9.17, 15) is 0 Å². The molecule has 0 aromatic carbocycles. The zero-order valence-corrected chi connectivity index (χ0v) is 6.57. The summed E-state index contributed by atoms with van der Waals surface area (Å²) >= 11 is 0. The normalized spacial score (nSPS) is 24.2. The molecule has 11 heavy (non-hydrogen) atoms. The van der Waals surface area contributed by atoms with E-state index in [1.165, 1.54) is 12.8 Å². The lowest BCUT2D eigenvalue weighted by atomic mass is 10.1. The Bertz CT molecular complexity index is 148. The monoisotopic (exact) mass is 155 g/mol. The molecular formula is C7H13N3O. The Morgan fingerprint density at radius 1 is 1.55 bits per heavy atom. The lowest BCUT2D eigenvalue weighted by molar-refractivity contribution is 0.0128. The van der Waals surface area contributed by atoms with Gasteiger partial charge in [0, 0.05) is 18.1 Å². The average molecular weight is 155 g/mol. The van der Waals surface area contributed by atoms with Gasteiger partial charge in [0.05, 0.1) is 6.10 Å². The van der Waals surface area contributed by atoms with Gasteiger partial charge in [-0.05, 0) is 31.2 Å². The maximum absolute atomic E-state index is 8.01. The minimum atomic E-state index is 0.342. The van der Waals surface area contributed by atoms with Crippen LogP contribution in [0.4, 0.5) is 0 Å². The van der Waals surface area contributed by atoms with Crippen molar-refractivity contribution in [3.05, 3.63) is 10.4 Å². The van der Waals surface area contributed by atoms with Crippen molar-refractivity contribution < 1.29 is 4.74 Å². The number of rotatable bonds is 3. The molecule has 0 spiro atoms. The molecule has 1 heterocycles. The molecule has 1 aliphatic heterocycles. The van der Waals surface area contributed by atoms with Crippen LogP contribution in [0.15, 0.2) is 5.11 Å². The van der Waals surface area contributed by atoms with Crippen molar-refractivity contribution in [3.8, 4) is 0 Å². The topological polar surface area (TPSA) is 58.0 Å². The van der Waals surface area contributed by atoms with Crippen LogP contribution in [0.1, 0.15) is 25.7 Å². The molecule has 0 bridgehead atoms. The maximum atomic E-state index is 8.01. The van der Waals surface area contributed by atoms with Gasteiger partial charge < -0.3 is 4.74 Å². The third-order valence-corrected chi connectivity index (χ3v) is 1.89. The van der Waals surface area contributed by atoms with E-state index < -0.39 is 0 Å². The molecule has 1 rings (SSSR count). The van der Waals surface area contributed by atoms with E-state index in [1.54, 1.807) is 0 Å².